The van der Waals surface area contributed by atoms with Crippen LogP contribution in [0.2, 0.25) is 0 Å². The number of phenols is 2. The van der Waals surface area contributed by atoms with Crippen molar-refractivity contribution in [2.45, 2.75) is 26.3 Å². The molecule has 0 fully saturated rings. The zero-order chi connectivity index (χ0) is 10.0. The first-order valence-electron chi connectivity index (χ1n) is 4.27. The number of hydrogen-bond acceptors (Lipinski definition) is 3. The maximum Gasteiger partial charge on any atom is 0.160 e. The molecule has 3 nitrogen and oxygen atoms in total. The van der Waals surface area contributed by atoms with Gasteiger partial charge in [0.05, 0.1) is 0 Å². The monoisotopic (exact) mass is 181 g/mol. The maximum absolute atomic E-state index is 9.30. The highest BCUT2D eigenvalue weighted by Crippen LogP contribution is 2.29. The maximum atomic E-state index is 9.30. The van der Waals surface area contributed by atoms with Gasteiger partial charge >= 0.3 is 0 Å². The standard InChI is InChI=1S/C10H15NO2/c1-6-3-8(4-7(2)11)5-9(12)10(6)13/h3,5,7,12-13H,4,11H2,1-2H3. The van der Waals surface area contributed by atoms with Crippen LogP contribution in [0.1, 0.15) is 18.1 Å². The number of aryl methyl sites for hydroxylation is 1. The fourth-order valence-corrected chi connectivity index (χ4v) is 1.32. The lowest BCUT2D eigenvalue weighted by Gasteiger charge is -2.08. The molecule has 0 aliphatic carbocycles. The van der Waals surface area contributed by atoms with Crippen molar-refractivity contribution in [2.75, 3.05) is 0 Å². The van der Waals surface area contributed by atoms with Gasteiger partial charge in [0.15, 0.2) is 11.5 Å². The Morgan fingerprint density at radius 2 is 2.00 bits per heavy atom. The van der Waals surface area contributed by atoms with E-state index in [1.165, 1.54) is 0 Å². The first-order valence-corrected chi connectivity index (χ1v) is 4.27. The second-order valence-corrected chi connectivity index (χ2v) is 3.46. The summed E-state index contributed by atoms with van der Waals surface area (Å²) in [6.45, 7) is 3.65. The Labute approximate surface area is 77.8 Å². The van der Waals surface area contributed by atoms with E-state index < -0.39 is 0 Å². The molecule has 72 valence electrons. The lowest BCUT2D eigenvalue weighted by molar-refractivity contribution is 0.400. The van der Waals surface area contributed by atoms with Crippen LogP contribution in [0.5, 0.6) is 11.5 Å². The predicted octanol–water partition coefficient (Wildman–Crippen LogP) is 1.30. The van der Waals surface area contributed by atoms with Crippen molar-refractivity contribution in [1.29, 1.82) is 0 Å². The van der Waals surface area contributed by atoms with E-state index in [0.717, 1.165) is 5.56 Å². The van der Waals surface area contributed by atoms with Gasteiger partial charge < -0.3 is 15.9 Å². The van der Waals surface area contributed by atoms with Crippen LogP contribution in [0, 0.1) is 6.92 Å². The van der Waals surface area contributed by atoms with Crippen LogP contribution in [0.25, 0.3) is 0 Å². The second-order valence-electron chi connectivity index (χ2n) is 3.46. The molecule has 0 aromatic heterocycles. The lowest BCUT2D eigenvalue weighted by Crippen LogP contribution is -2.17. The molecule has 0 saturated carbocycles. The first-order chi connectivity index (χ1) is 6.00. The van der Waals surface area contributed by atoms with E-state index in [-0.39, 0.29) is 17.5 Å². The molecule has 0 radical (unpaired) electrons. The molecule has 0 heterocycles. The minimum Gasteiger partial charge on any atom is -0.504 e. The highest BCUT2D eigenvalue weighted by molar-refractivity contribution is 5.46. The van der Waals surface area contributed by atoms with Crippen LogP contribution in [0.15, 0.2) is 12.1 Å². The summed E-state index contributed by atoms with van der Waals surface area (Å²) < 4.78 is 0. The Kier molecular flexibility index (Phi) is 2.78. The second kappa shape index (κ2) is 3.66. The summed E-state index contributed by atoms with van der Waals surface area (Å²) in [5.41, 5.74) is 7.24. The summed E-state index contributed by atoms with van der Waals surface area (Å²) in [5.74, 6) is -0.121. The molecule has 1 aromatic carbocycles. The van der Waals surface area contributed by atoms with Gasteiger partial charge in [-0.25, -0.2) is 0 Å². The van der Waals surface area contributed by atoms with E-state index in [9.17, 15) is 10.2 Å². The fourth-order valence-electron chi connectivity index (χ4n) is 1.32. The molecule has 1 unspecified atom stereocenters. The summed E-state index contributed by atoms with van der Waals surface area (Å²) in [4.78, 5) is 0. The number of rotatable bonds is 2. The van der Waals surface area contributed by atoms with Crippen molar-refractivity contribution >= 4 is 0 Å². The summed E-state index contributed by atoms with van der Waals surface area (Å²) in [7, 11) is 0. The SMILES string of the molecule is Cc1cc(CC(C)N)cc(O)c1O. The molecule has 1 rings (SSSR count). The zero-order valence-electron chi connectivity index (χ0n) is 7.91. The van der Waals surface area contributed by atoms with Crippen LogP contribution >= 0.6 is 0 Å². The molecule has 1 aromatic rings. The van der Waals surface area contributed by atoms with Crippen molar-refractivity contribution in [3.8, 4) is 11.5 Å². The number of nitrogens with two attached hydrogens (primary N) is 1. The molecule has 4 N–H and O–H groups in total. The number of hydrogen-bond donors (Lipinski definition) is 3. The molecular weight excluding hydrogens is 166 g/mol. The van der Waals surface area contributed by atoms with E-state index in [1.807, 2.05) is 13.0 Å². The quantitative estimate of drug-likeness (QED) is 0.602. The van der Waals surface area contributed by atoms with Gasteiger partial charge in [-0.1, -0.05) is 6.07 Å². The van der Waals surface area contributed by atoms with Crippen LogP contribution in [-0.2, 0) is 6.42 Å². The molecule has 0 amide bonds. The number of phenolic OH excluding ortho intramolecular Hbond substituents is 2. The molecule has 1 atom stereocenters. The fraction of sp³-hybridized carbons (Fsp3) is 0.400. The third-order valence-corrected chi connectivity index (χ3v) is 1.90. The molecule has 0 aliphatic rings. The summed E-state index contributed by atoms with van der Waals surface area (Å²) in [6.07, 6.45) is 0.703. The van der Waals surface area contributed by atoms with Crippen molar-refractivity contribution in [2.24, 2.45) is 5.73 Å². The zero-order valence-corrected chi connectivity index (χ0v) is 7.91. The van der Waals surface area contributed by atoms with Gasteiger partial charge in [0.2, 0.25) is 0 Å². The Morgan fingerprint density at radius 1 is 1.38 bits per heavy atom. The number of aromatic hydroxyl groups is 2. The highest BCUT2D eigenvalue weighted by atomic mass is 16.3. The van der Waals surface area contributed by atoms with Crippen molar-refractivity contribution in [3.63, 3.8) is 0 Å². The minimum absolute atomic E-state index is 0.0478. The molecule has 0 saturated heterocycles. The topological polar surface area (TPSA) is 66.5 Å². The van der Waals surface area contributed by atoms with Crippen molar-refractivity contribution in [3.05, 3.63) is 23.3 Å². The van der Waals surface area contributed by atoms with E-state index in [1.54, 1.807) is 13.0 Å². The molecule has 0 bridgehead atoms. The summed E-state index contributed by atoms with van der Waals surface area (Å²) >= 11 is 0. The summed E-state index contributed by atoms with van der Waals surface area (Å²) in [5, 5.41) is 18.6. The smallest absolute Gasteiger partial charge is 0.160 e. The van der Waals surface area contributed by atoms with E-state index in [0.29, 0.717) is 12.0 Å². The minimum atomic E-state index is -0.0735. The molecule has 13 heavy (non-hydrogen) atoms. The van der Waals surface area contributed by atoms with Crippen LogP contribution < -0.4 is 5.73 Å². The van der Waals surface area contributed by atoms with Gasteiger partial charge in [0.25, 0.3) is 0 Å². The Balaban J connectivity index is 2.99. The van der Waals surface area contributed by atoms with Crippen molar-refractivity contribution < 1.29 is 10.2 Å². The van der Waals surface area contributed by atoms with Gasteiger partial charge in [-0.3, -0.25) is 0 Å². The third-order valence-electron chi connectivity index (χ3n) is 1.90. The molecule has 0 aliphatic heterocycles. The average molecular weight is 181 g/mol. The highest BCUT2D eigenvalue weighted by Gasteiger charge is 2.06. The van der Waals surface area contributed by atoms with Gasteiger partial charge in [0, 0.05) is 6.04 Å². The van der Waals surface area contributed by atoms with Gasteiger partial charge in [0.1, 0.15) is 0 Å². The Hall–Kier alpha value is -1.22. The third kappa shape index (κ3) is 2.36. The Morgan fingerprint density at radius 3 is 2.46 bits per heavy atom. The molecule has 0 spiro atoms. The number of benzene rings is 1. The van der Waals surface area contributed by atoms with Crippen LogP contribution in [-0.4, -0.2) is 16.3 Å². The van der Waals surface area contributed by atoms with Crippen LogP contribution in [0.3, 0.4) is 0 Å². The Bertz CT molecular complexity index is 285. The van der Waals surface area contributed by atoms with Gasteiger partial charge in [-0.15, -0.1) is 0 Å². The van der Waals surface area contributed by atoms with Gasteiger partial charge in [-0.05, 0) is 37.5 Å². The van der Waals surface area contributed by atoms with E-state index in [4.69, 9.17) is 5.73 Å². The lowest BCUT2D eigenvalue weighted by atomic mass is 10.0. The van der Waals surface area contributed by atoms with Crippen LogP contribution in [0.4, 0.5) is 0 Å². The average Bonchev–Trinajstić information content (AvgIpc) is 1.98. The first kappa shape index (κ1) is 9.86. The van der Waals surface area contributed by atoms with E-state index in [2.05, 4.69) is 0 Å². The molecular formula is C10H15NO2. The molecule has 3 heteroatoms. The largest absolute Gasteiger partial charge is 0.504 e. The predicted molar refractivity (Wildman–Crippen MR) is 51.9 cm³/mol. The van der Waals surface area contributed by atoms with Gasteiger partial charge in [-0.2, -0.15) is 0 Å². The summed E-state index contributed by atoms with van der Waals surface area (Å²) in [6, 6.07) is 3.44. The normalized spacial score (nSPS) is 12.8. The van der Waals surface area contributed by atoms with Crippen molar-refractivity contribution in [1.82, 2.24) is 0 Å². The van der Waals surface area contributed by atoms with E-state index >= 15 is 0 Å².